The Balaban J connectivity index is 1.66. The Kier molecular flexibility index (Phi) is 6.30. The molecule has 1 fully saturated rings. The summed E-state index contributed by atoms with van der Waals surface area (Å²) in [5.41, 5.74) is 2.12. The van der Waals surface area contributed by atoms with Crippen LogP contribution >= 0.6 is 12.2 Å². The summed E-state index contributed by atoms with van der Waals surface area (Å²) in [7, 11) is 3.19. The van der Waals surface area contributed by atoms with Gasteiger partial charge in [0.25, 0.3) is 0 Å². The van der Waals surface area contributed by atoms with Crippen LogP contribution in [0.3, 0.4) is 0 Å². The second-order valence-electron chi connectivity index (χ2n) is 8.09. The molecule has 8 nitrogen and oxygen atoms in total. The number of furan rings is 1. The van der Waals surface area contributed by atoms with Crippen LogP contribution in [0.5, 0.6) is 11.5 Å². The molecule has 0 unspecified atom stereocenters. The first-order valence-corrected chi connectivity index (χ1v) is 11.6. The summed E-state index contributed by atoms with van der Waals surface area (Å²) < 4.78 is 17.4. The van der Waals surface area contributed by atoms with Crippen LogP contribution in [0, 0.1) is 0 Å². The van der Waals surface area contributed by atoms with Gasteiger partial charge in [-0.1, -0.05) is 24.3 Å². The molecule has 1 aliphatic heterocycles. The molecule has 0 saturated carbocycles. The highest BCUT2D eigenvalue weighted by molar-refractivity contribution is 7.80. The van der Waals surface area contributed by atoms with Crippen molar-refractivity contribution in [2.75, 3.05) is 19.1 Å². The van der Waals surface area contributed by atoms with Crippen molar-refractivity contribution in [1.29, 1.82) is 0 Å². The van der Waals surface area contributed by atoms with Crippen molar-refractivity contribution < 1.29 is 23.8 Å². The Morgan fingerprint density at radius 2 is 1.86 bits per heavy atom. The van der Waals surface area contributed by atoms with Gasteiger partial charge in [-0.25, -0.2) is 4.79 Å². The zero-order valence-corrected chi connectivity index (χ0v) is 20.4. The van der Waals surface area contributed by atoms with Crippen molar-refractivity contribution in [3.8, 4) is 22.8 Å². The highest BCUT2D eigenvalue weighted by Gasteiger charge is 2.43. The largest absolute Gasteiger partial charge is 0.497 e. The van der Waals surface area contributed by atoms with Crippen LogP contribution in [0.25, 0.3) is 11.3 Å². The number of aromatic carboxylic acids is 1. The third kappa shape index (κ3) is 4.14. The van der Waals surface area contributed by atoms with E-state index in [1.54, 1.807) is 50.7 Å². The van der Waals surface area contributed by atoms with E-state index >= 15 is 0 Å². The van der Waals surface area contributed by atoms with Crippen molar-refractivity contribution >= 4 is 29.0 Å². The minimum Gasteiger partial charge on any atom is -0.497 e. The molecular formula is C27H23N3O5S. The number of aromatic nitrogens is 1. The van der Waals surface area contributed by atoms with Gasteiger partial charge in [0, 0.05) is 17.8 Å². The lowest BCUT2D eigenvalue weighted by Crippen LogP contribution is -2.29. The van der Waals surface area contributed by atoms with Gasteiger partial charge in [-0.3, -0.25) is 4.98 Å². The van der Waals surface area contributed by atoms with Gasteiger partial charge in [0.1, 0.15) is 29.1 Å². The molecule has 1 aliphatic rings. The van der Waals surface area contributed by atoms with Crippen LogP contribution in [0.15, 0.2) is 83.4 Å². The molecule has 4 aromatic rings. The van der Waals surface area contributed by atoms with Crippen LogP contribution in [-0.4, -0.2) is 35.4 Å². The summed E-state index contributed by atoms with van der Waals surface area (Å²) in [6, 6.07) is 20.7. The smallest absolute Gasteiger partial charge is 0.336 e. The maximum Gasteiger partial charge on any atom is 0.336 e. The number of nitrogens with one attached hydrogen (secondary N) is 1. The SMILES string of the molecule is COc1ccc(OC)c(N2C(=S)N[C@H](c3ccccn3)[C@@H]2c2ccc(-c3ccccc3C(=O)O)o2)c1. The number of rotatable bonds is 7. The second kappa shape index (κ2) is 9.71. The fraction of sp³-hybridized carbons (Fsp3) is 0.148. The summed E-state index contributed by atoms with van der Waals surface area (Å²) in [4.78, 5) is 18.3. The lowest BCUT2D eigenvalue weighted by molar-refractivity contribution is 0.0697. The average molecular weight is 502 g/mol. The van der Waals surface area contributed by atoms with E-state index in [0.29, 0.717) is 39.4 Å². The Morgan fingerprint density at radius 1 is 1.06 bits per heavy atom. The number of ether oxygens (including phenoxy) is 2. The number of hydrogen-bond acceptors (Lipinski definition) is 6. The monoisotopic (exact) mass is 501 g/mol. The minimum absolute atomic E-state index is 0.158. The topological polar surface area (TPSA) is 97.1 Å². The first kappa shape index (κ1) is 23.4. The molecule has 0 amide bonds. The third-order valence-electron chi connectivity index (χ3n) is 6.08. The molecule has 2 atom stereocenters. The standard InChI is InChI=1S/C27H23N3O5S/c1-33-16-10-11-22(34-2)20(15-16)30-25(24(29-27(30)36)19-9-5-6-14-28-19)23-13-12-21(35-23)17-7-3-4-8-18(17)26(31)32/h3-15,24-25H,1-2H3,(H,29,36)(H,31,32)/t24-,25+/m1/s1. The van der Waals surface area contributed by atoms with Crippen LogP contribution in [0.4, 0.5) is 5.69 Å². The quantitative estimate of drug-likeness (QED) is 0.330. The zero-order valence-electron chi connectivity index (χ0n) is 19.5. The molecule has 0 aliphatic carbocycles. The number of pyridine rings is 1. The van der Waals surface area contributed by atoms with Gasteiger partial charge in [0.15, 0.2) is 5.11 Å². The summed E-state index contributed by atoms with van der Waals surface area (Å²) >= 11 is 5.79. The van der Waals surface area contributed by atoms with Crippen LogP contribution in [0.1, 0.15) is 33.9 Å². The molecule has 2 N–H and O–H groups in total. The fourth-order valence-corrected chi connectivity index (χ4v) is 4.77. The highest BCUT2D eigenvalue weighted by Crippen LogP contribution is 2.46. The Bertz CT molecular complexity index is 1420. The van der Waals surface area contributed by atoms with Gasteiger partial charge >= 0.3 is 5.97 Å². The predicted molar refractivity (Wildman–Crippen MR) is 139 cm³/mol. The number of carboxylic acids is 1. The van der Waals surface area contributed by atoms with E-state index in [2.05, 4.69) is 10.3 Å². The number of anilines is 1. The van der Waals surface area contributed by atoms with Crippen molar-refractivity contribution in [3.63, 3.8) is 0 Å². The number of methoxy groups -OCH3 is 2. The van der Waals surface area contributed by atoms with E-state index in [-0.39, 0.29) is 11.6 Å². The third-order valence-corrected chi connectivity index (χ3v) is 6.40. The average Bonchev–Trinajstić information content (AvgIpc) is 3.53. The number of thiocarbonyl (C=S) groups is 1. The van der Waals surface area contributed by atoms with E-state index in [4.69, 9.17) is 26.1 Å². The van der Waals surface area contributed by atoms with Crippen LogP contribution < -0.4 is 19.7 Å². The number of benzene rings is 2. The number of carbonyl (C=O) groups is 1. The second-order valence-corrected chi connectivity index (χ2v) is 8.47. The highest BCUT2D eigenvalue weighted by atomic mass is 32.1. The Labute approximate surface area is 213 Å². The number of nitrogens with zero attached hydrogens (tertiary/aromatic N) is 2. The van der Waals surface area contributed by atoms with E-state index in [1.807, 2.05) is 47.4 Å². The molecule has 9 heteroatoms. The van der Waals surface area contributed by atoms with Crippen LogP contribution in [0.2, 0.25) is 0 Å². The van der Waals surface area contributed by atoms with Gasteiger partial charge in [-0.05, 0) is 54.7 Å². The summed E-state index contributed by atoms with van der Waals surface area (Å²) in [6.45, 7) is 0. The van der Waals surface area contributed by atoms with Gasteiger partial charge in [-0.2, -0.15) is 0 Å². The van der Waals surface area contributed by atoms with Gasteiger partial charge in [-0.15, -0.1) is 0 Å². The molecule has 3 heterocycles. The molecule has 0 bridgehead atoms. The molecule has 1 saturated heterocycles. The first-order chi connectivity index (χ1) is 17.5. The normalized spacial score (nSPS) is 17.1. The van der Waals surface area contributed by atoms with E-state index < -0.39 is 12.0 Å². The Hall–Kier alpha value is -4.37. The van der Waals surface area contributed by atoms with Crippen LogP contribution in [-0.2, 0) is 0 Å². The first-order valence-electron chi connectivity index (χ1n) is 11.2. The molecule has 182 valence electrons. The lowest BCUT2D eigenvalue weighted by atomic mass is 10.0. The van der Waals surface area contributed by atoms with Crippen molar-refractivity contribution in [2.45, 2.75) is 12.1 Å². The van der Waals surface area contributed by atoms with E-state index in [0.717, 1.165) is 5.69 Å². The van der Waals surface area contributed by atoms with Crippen molar-refractivity contribution in [2.24, 2.45) is 0 Å². The lowest BCUT2D eigenvalue weighted by Gasteiger charge is -2.27. The number of hydrogen-bond donors (Lipinski definition) is 2. The minimum atomic E-state index is -1.03. The van der Waals surface area contributed by atoms with Gasteiger partial charge < -0.3 is 29.2 Å². The molecule has 2 aromatic heterocycles. The van der Waals surface area contributed by atoms with Crippen molar-refractivity contribution in [1.82, 2.24) is 10.3 Å². The maximum atomic E-state index is 11.8. The summed E-state index contributed by atoms with van der Waals surface area (Å²) in [6.07, 6.45) is 1.72. The molecule has 36 heavy (non-hydrogen) atoms. The van der Waals surface area contributed by atoms with Crippen molar-refractivity contribution in [3.05, 3.63) is 96.0 Å². The molecule has 5 rings (SSSR count). The molecule has 0 spiro atoms. The van der Waals surface area contributed by atoms with Gasteiger partial charge in [0.2, 0.25) is 0 Å². The molecular weight excluding hydrogens is 478 g/mol. The fourth-order valence-electron chi connectivity index (χ4n) is 4.43. The molecule has 2 aromatic carbocycles. The Morgan fingerprint density at radius 3 is 2.58 bits per heavy atom. The maximum absolute atomic E-state index is 11.8. The van der Waals surface area contributed by atoms with E-state index in [9.17, 15) is 9.90 Å². The zero-order chi connectivity index (χ0) is 25.2. The summed E-state index contributed by atoms with van der Waals surface area (Å²) in [5, 5.41) is 13.5. The van der Waals surface area contributed by atoms with E-state index in [1.165, 1.54) is 0 Å². The number of carboxylic acid groups (broad SMARTS) is 1. The molecule has 0 radical (unpaired) electrons. The predicted octanol–water partition coefficient (Wildman–Crippen LogP) is 5.23. The van der Waals surface area contributed by atoms with Gasteiger partial charge in [0.05, 0.1) is 37.2 Å². The summed E-state index contributed by atoms with van der Waals surface area (Å²) in [5.74, 6) is 1.25.